The van der Waals surface area contributed by atoms with Crippen molar-refractivity contribution in [2.45, 2.75) is 65.6 Å². The highest BCUT2D eigenvalue weighted by Gasteiger charge is 2.52. The van der Waals surface area contributed by atoms with Crippen LogP contribution in [-0.2, 0) is 19.1 Å². The van der Waals surface area contributed by atoms with Gasteiger partial charge in [-0.1, -0.05) is 6.92 Å². The normalized spacial score (nSPS) is 42.8. The van der Waals surface area contributed by atoms with Gasteiger partial charge in [-0.15, -0.1) is 0 Å². The number of carbonyl (C=O) groups excluding carboxylic acids is 2. The van der Waals surface area contributed by atoms with E-state index >= 15 is 0 Å². The van der Waals surface area contributed by atoms with Crippen molar-refractivity contribution < 1.29 is 19.1 Å². The molecule has 1 saturated carbocycles. The van der Waals surface area contributed by atoms with Crippen LogP contribution in [0.25, 0.3) is 0 Å². The fourth-order valence-electron chi connectivity index (χ4n) is 3.73. The van der Waals surface area contributed by atoms with Crippen molar-refractivity contribution in [3.8, 4) is 0 Å². The minimum absolute atomic E-state index is 0.00528. The smallest absolute Gasteiger partial charge is 0.312 e. The van der Waals surface area contributed by atoms with Gasteiger partial charge in [-0.05, 0) is 51.4 Å². The molecule has 0 bridgehead atoms. The average molecular weight is 268 g/mol. The summed E-state index contributed by atoms with van der Waals surface area (Å²) >= 11 is 0. The molecule has 2 fully saturated rings. The molecule has 1 aliphatic carbocycles. The first-order valence-electron chi connectivity index (χ1n) is 7.23. The summed E-state index contributed by atoms with van der Waals surface area (Å²) in [4.78, 5) is 23.5. The standard InChI is InChI=1S/C15H24O4/c1-9-5-6-12-10(2)13(19-11(3)16)7-8-15(12,4)14(17)18-9/h9-10,12-13H,5-8H2,1-4H3/t9-,10+,12+,13+,15+/m1/s1. The van der Waals surface area contributed by atoms with Crippen LogP contribution in [0, 0.1) is 17.3 Å². The van der Waals surface area contributed by atoms with Crippen molar-refractivity contribution in [3.63, 3.8) is 0 Å². The summed E-state index contributed by atoms with van der Waals surface area (Å²) in [7, 11) is 0. The van der Waals surface area contributed by atoms with Crippen LogP contribution in [0.2, 0.25) is 0 Å². The van der Waals surface area contributed by atoms with Crippen molar-refractivity contribution in [3.05, 3.63) is 0 Å². The number of ether oxygens (including phenoxy) is 2. The van der Waals surface area contributed by atoms with Crippen LogP contribution >= 0.6 is 0 Å². The zero-order valence-electron chi connectivity index (χ0n) is 12.3. The quantitative estimate of drug-likeness (QED) is 0.686. The molecule has 2 rings (SSSR count). The van der Waals surface area contributed by atoms with E-state index in [4.69, 9.17) is 9.47 Å². The third kappa shape index (κ3) is 2.63. The Labute approximate surface area is 114 Å². The van der Waals surface area contributed by atoms with Gasteiger partial charge in [0, 0.05) is 6.92 Å². The highest BCUT2D eigenvalue weighted by atomic mass is 16.5. The van der Waals surface area contributed by atoms with E-state index in [0.717, 1.165) is 25.7 Å². The lowest BCUT2D eigenvalue weighted by atomic mass is 9.61. The zero-order valence-corrected chi connectivity index (χ0v) is 12.3. The molecule has 4 heteroatoms. The number of hydrogen-bond acceptors (Lipinski definition) is 4. The van der Waals surface area contributed by atoms with Gasteiger partial charge in [0.05, 0.1) is 11.5 Å². The average Bonchev–Trinajstić information content (AvgIpc) is 2.42. The molecule has 108 valence electrons. The number of carbonyl (C=O) groups is 2. The molecule has 1 saturated heterocycles. The maximum absolute atomic E-state index is 12.3. The Morgan fingerprint density at radius 3 is 2.63 bits per heavy atom. The van der Waals surface area contributed by atoms with E-state index in [9.17, 15) is 9.59 Å². The first kappa shape index (κ1) is 14.4. The number of esters is 2. The molecule has 2 aliphatic rings. The summed E-state index contributed by atoms with van der Waals surface area (Å²) in [6, 6.07) is 0. The number of rotatable bonds is 1. The molecule has 0 spiro atoms. The maximum atomic E-state index is 12.3. The minimum atomic E-state index is -0.416. The van der Waals surface area contributed by atoms with Gasteiger partial charge in [-0.3, -0.25) is 9.59 Å². The summed E-state index contributed by atoms with van der Waals surface area (Å²) in [5.74, 6) is 0.143. The Kier molecular flexibility index (Phi) is 3.88. The van der Waals surface area contributed by atoms with Gasteiger partial charge in [-0.2, -0.15) is 0 Å². The molecular weight excluding hydrogens is 244 g/mol. The van der Waals surface area contributed by atoms with E-state index in [1.165, 1.54) is 6.92 Å². The summed E-state index contributed by atoms with van der Waals surface area (Å²) in [5.41, 5.74) is -0.416. The van der Waals surface area contributed by atoms with Crippen molar-refractivity contribution in [2.75, 3.05) is 0 Å². The number of hydrogen-bond donors (Lipinski definition) is 0. The van der Waals surface area contributed by atoms with E-state index in [1.807, 2.05) is 13.8 Å². The van der Waals surface area contributed by atoms with Gasteiger partial charge in [0.1, 0.15) is 6.10 Å². The second-order valence-electron chi connectivity index (χ2n) is 6.36. The second-order valence-corrected chi connectivity index (χ2v) is 6.36. The van der Waals surface area contributed by atoms with Crippen LogP contribution in [0.1, 0.15) is 53.4 Å². The largest absolute Gasteiger partial charge is 0.462 e. The SMILES string of the molecule is CC(=O)O[C@H]1CC[C@]2(C)C(=O)O[C@H](C)CC[C@H]2[C@@H]1C. The van der Waals surface area contributed by atoms with Crippen LogP contribution in [0.15, 0.2) is 0 Å². The predicted octanol–water partition coefficient (Wildman–Crippen LogP) is 2.70. The summed E-state index contributed by atoms with van der Waals surface area (Å²) in [6.45, 7) is 7.51. The molecule has 0 radical (unpaired) electrons. The molecule has 4 nitrogen and oxygen atoms in total. The monoisotopic (exact) mass is 268 g/mol. The molecule has 1 heterocycles. The van der Waals surface area contributed by atoms with Crippen LogP contribution < -0.4 is 0 Å². The van der Waals surface area contributed by atoms with E-state index < -0.39 is 5.41 Å². The lowest BCUT2D eigenvalue weighted by molar-refractivity contribution is -0.170. The molecule has 0 unspecified atom stereocenters. The third-order valence-corrected chi connectivity index (χ3v) is 4.96. The van der Waals surface area contributed by atoms with Gasteiger partial charge in [0.2, 0.25) is 0 Å². The molecular formula is C15H24O4. The minimum Gasteiger partial charge on any atom is -0.462 e. The first-order valence-corrected chi connectivity index (χ1v) is 7.23. The molecule has 0 aromatic heterocycles. The Hall–Kier alpha value is -1.06. The van der Waals surface area contributed by atoms with Crippen molar-refractivity contribution in [1.29, 1.82) is 0 Å². The van der Waals surface area contributed by atoms with Gasteiger partial charge in [0.15, 0.2) is 0 Å². The predicted molar refractivity (Wildman–Crippen MR) is 70.3 cm³/mol. The summed E-state index contributed by atoms with van der Waals surface area (Å²) in [6.07, 6.45) is 3.28. The molecule has 0 aromatic rings. The van der Waals surface area contributed by atoms with Crippen LogP contribution in [0.3, 0.4) is 0 Å². The van der Waals surface area contributed by atoms with E-state index in [-0.39, 0.29) is 36.0 Å². The Bertz CT molecular complexity index is 378. The van der Waals surface area contributed by atoms with Gasteiger partial charge in [0.25, 0.3) is 0 Å². The summed E-state index contributed by atoms with van der Waals surface area (Å²) in [5, 5.41) is 0. The maximum Gasteiger partial charge on any atom is 0.312 e. The highest BCUT2D eigenvalue weighted by molar-refractivity contribution is 5.77. The van der Waals surface area contributed by atoms with Crippen molar-refractivity contribution in [1.82, 2.24) is 0 Å². The lowest BCUT2D eigenvalue weighted by Crippen LogP contribution is -2.48. The van der Waals surface area contributed by atoms with Crippen molar-refractivity contribution >= 4 is 11.9 Å². The second kappa shape index (κ2) is 5.14. The Morgan fingerprint density at radius 2 is 2.00 bits per heavy atom. The molecule has 1 aliphatic heterocycles. The van der Waals surface area contributed by atoms with Gasteiger partial charge in [-0.25, -0.2) is 0 Å². The molecule has 19 heavy (non-hydrogen) atoms. The van der Waals surface area contributed by atoms with E-state index in [1.54, 1.807) is 0 Å². The first-order chi connectivity index (χ1) is 8.84. The van der Waals surface area contributed by atoms with Crippen LogP contribution in [0.4, 0.5) is 0 Å². The lowest BCUT2D eigenvalue weighted by Gasteiger charge is -2.45. The Morgan fingerprint density at radius 1 is 1.32 bits per heavy atom. The van der Waals surface area contributed by atoms with Crippen molar-refractivity contribution in [2.24, 2.45) is 17.3 Å². The third-order valence-electron chi connectivity index (χ3n) is 4.96. The van der Waals surface area contributed by atoms with E-state index in [0.29, 0.717) is 0 Å². The van der Waals surface area contributed by atoms with Crippen LogP contribution in [-0.4, -0.2) is 24.1 Å². The van der Waals surface area contributed by atoms with Crippen LogP contribution in [0.5, 0.6) is 0 Å². The molecule has 0 N–H and O–H groups in total. The molecule has 5 atom stereocenters. The van der Waals surface area contributed by atoms with E-state index in [2.05, 4.69) is 6.92 Å². The zero-order chi connectivity index (χ0) is 14.2. The number of fused-ring (bicyclic) bond motifs is 1. The molecule has 0 aromatic carbocycles. The topological polar surface area (TPSA) is 52.6 Å². The highest BCUT2D eigenvalue weighted by Crippen LogP contribution is 2.50. The summed E-state index contributed by atoms with van der Waals surface area (Å²) < 4.78 is 10.9. The molecule has 0 amide bonds. The van der Waals surface area contributed by atoms with Gasteiger partial charge < -0.3 is 9.47 Å². The fraction of sp³-hybridized carbons (Fsp3) is 0.867. The van der Waals surface area contributed by atoms with Gasteiger partial charge >= 0.3 is 11.9 Å². The fourth-order valence-corrected chi connectivity index (χ4v) is 3.73. The Balaban J connectivity index is 2.21. The number of cyclic esters (lactones) is 1.